The molecule has 3 rings (SSSR count). The van der Waals surface area contributed by atoms with E-state index in [2.05, 4.69) is 10.3 Å². The molecule has 0 spiro atoms. The van der Waals surface area contributed by atoms with E-state index >= 15 is 0 Å². The lowest BCUT2D eigenvalue weighted by atomic mass is 10.1. The quantitative estimate of drug-likeness (QED) is 0.796. The molecule has 2 aromatic carbocycles. The topological polar surface area (TPSA) is 55.1 Å². The van der Waals surface area contributed by atoms with E-state index in [1.165, 1.54) is 12.1 Å². The monoisotopic (exact) mass is 298 g/mol. The molecule has 0 saturated carbocycles. The van der Waals surface area contributed by atoms with Gasteiger partial charge in [0.15, 0.2) is 11.5 Å². The van der Waals surface area contributed by atoms with Gasteiger partial charge in [-0.05, 0) is 36.2 Å². The van der Waals surface area contributed by atoms with E-state index < -0.39 is 0 Å². The van der Waals surface area contributed by atoms with E-state index in [0.29, 0.717) is 35.5 Å². The lowest BCUT2D eigenvalue weighted by Crippen LogP contribution is -2.12. The predicted octanol–water partition coefficient (Wildman–Crippen LogP) is 3.85. The van der Waals surface area contributed by atoms with Crippen molar-refractivity contribution in [1.82, 2.24) is 4.98 Å². The summed E-state index contributed by atoms with van der Waals surface area (Å²) >= 11 is 0. The number of nitrogens with zero attached hydrogens (tertiary/aromatic N) is 1. The number of hydrogen-bond donors (Lipinski definition) is 1. The van der Waals surface area contributed by atoms with Gasteiger partial charge < -0.3 is 9.73 Å². The van der Waals surface area contributed by atoms with Crippen LogP contribution in [0.4, 0.5) is 10.1 Å². The van der Waals surface area contributed by atoms with Gasteiger partial charge in [-0.2, -0.15) is 0 Å². The molecule has 0 aliphatic heterocycles. The number of oxazole rings is 1. The first-order valence-corrected chi connectivity index (χ1v) is 7.02. The summed E-state index contributed by atoms with van der Waals surface area (Å²) in [6.07, 6.45) is 0.868. The maximum absolute atomic E-state index is 12.8. The zero-order chi connectivity index (χ0) is 15.5. The predicted molar refractivity (Wildman–Crippen MR) is 82.1 cm³/mol. The molecule has 1 N–H and O–H groups in total. The first-order chi connectivity index (χ1) is 10.6. The Labute approximate surface area is 127 Å². The van der Waals surface area contributed by atoms with Gasteiger partial charge in [-0.1, -0.05) is 18.2 Å². The maximum atomic E-state index is 12.8. The number of nitrogens with one attached hydrogen (secondary N) is 1. The van der Waals surface area contributed by atoms with Crippen LogP contribution in [0.1, 0.15) is 17.9 Å². The largest absolute Gasteiger partial charge is 0.439 e. The van der Waals surface area contributed by atoms with Gasteiger partial charge in [-0.25, -0.2) is 9.37 Å². The molecule has 0 bridgehead atoms. The van der Waals surface area contributed by atoms with Gasteiger partial charge in [0.1, 0.15) is 11.3 Å². The second-order valence-electron chi connectivity index (χ2n) is 5.06. The summed E-state index contributed by atoms with van der Waals surface area (Å²) in [4.78, 5) is 16.3. The van der Waals surface area contributed by atoms with Crippen molar-refractivity contribution >= 4 is 22.7 Å². The smallest absolute Gasteiger partial charge is 0.224 e. The molecule has 0 radical (unpaired) electrons. The molecule has 0 aliphatic rings. The van der Waals surface area contributed by atoms with Crippen LogP contribution in [0.2, 0.25) is 0 Å². The van der Waals surface area contributed by atoms with E-state index in [1.54, 1.807) is 25.1 Å². The van der Waals surface area contributed by atoms with Crippen LogP contribution in [0, 0.1) is 12.7 Å². The highest BCUT2D eigenvalue weighted by atomic mass is 19.1. The van der Waals surface area contributed by atoms with Crippen molar-refractivity contribution in [2.75, 3.05) is 5.32 Å². The maximum Gasteiger partial charge on any atom is 0.224 e. The van der Waals surface area contributed by atoms with Crippen molar-refractivity contribution in [3.05, 3.63) is 59.7 Å². The molecule has 5 heteroatoms. The fourth-order valence-electron chi connectivity index (χ4n) is 2.28. The van der Waals surface area contributed by atoms with Crippen molar-refractivity contribution < 1.29 is 13.6 Å². The third-order valence-corrected chi connectivity index (χ3v) is 3.35. The number of carbonyl (C=O) groups is 1. The minimum Gasteiger partial charge on any atom is -0.439 e. The molecule has 112 valence electrons. The highest BCUT2D eigenvalue weighted by Crippen LogP contribution is 2.24. The summed E-state index contributed by atoms with van der Waals surface area (Å²) < 4.78 is 18.3. The SMILES string of the molecule is Cc1nc2cccc(NC(=O)CCc3ccc(F)cc3)c2o1. The Bertz CT molecular complexity index is 809. The Hall–Kier alpha value is -2.69. The fraction of sp³-hybridized carbons (Fsp3) is 0.176. The molecular formula is C17H15FN2O2. The average molecular weight is 298 g/mol. The van der Waals surface area contributed by atoms with Crippen LogP contribution >= 0.6 is 0 Å². The number of aryl methyl sites for hydroxylation is 2. The highest BCUT2D eigenvalue weighted by molar-refractivity contribution is 5.98. The van der Waals surface area contributed by atoms with E-state index in [9.17, 15) is 9.18 Å². The van der Waals surface area contributed by atoms with Crippen LogP contribution in [-0.4, -0.2) is 10.9 Å². The molecule has 0 aliphatic carbocycles. The number of halogens is 1. The van der Waals surface area contributed by atoms with Crippen molar-refractivity contribution in [3.63, 3.8) is 0 Å². The van der Waals surface area contributed by atoms with Crippen LogP contribution in [-0.2, 0) is 11.2 Å². The molecule has 22 heavy (non-hydrogen) atoms. The van der Waals surface area contributed by atoms with Crippen molar-refractivity contribution in [2.45, 2.75) is 19.8 Å². The molecule has 3 aromatic rings. The number of aromatic nitrogens is 1. The van der Waals surface area contributed by atoms with Crippen molar-refractivity contribution in [1.29, 1.82) is 0 Å². The van der Waals surface area contributed by atoms with Crippen LogP contribution in [0.25, 0.3) is 11.1 Å². The number of fused-ring (bicyclic) bond motifs is 1. The summed E-state index contributed by atoms with van der Waals surface area (Å²) in [5.74, 6) is 0.162. The van der Waals surface area contributed by atoms with Crippen molar-refractivity contribution in [2.24, 2.45) is 0 Å². The van der Waals surface area contributed by atoms with Gasteiger partial charge in [-0.15, -0.1) is 0 Å². The Morgan fingerprint density at radius 2 is 2.00 bits per heavy atom. The number of anilines is 1. The van der Waals surface area contributed by atoms with Gasteiger partial charge in [0.25, 0.3) is 0 Å². The normalized spacial score (nSPS) is 10.8. The minimum absolute atomic E-state index is 0.120. The van der Waals surface area contributed by atoms with Gasteiger partial charge in [0.2, 0.25) is 5.91 Å². The average Bonchev–Trinajstić information content (AvgIpc) is 2.88. The van der Waals surface area contributed by atoms with Crippen LogP contribution in [0.5, 0.6) is 0 Å². The number of hydrogen-bond acceptors (Lipinski definition) is 3. The minimum atomic E-state index is -0.277. The number of benzene rings is 2. The molecule has 0 atom stereocenters. The molecule has 4 nitrogen and oxygen atoms in total. The summed E-state index contributed by atoms with van der Waals surface area (Å²) in [7, 11) is 0. The zero-order valence-electron chi connectivity index (χ0n) is 12.1. The van der Waals surface area contributed by atoms with Crippen LogP contribution < -0.4 is 5.32 Å². The van der Waals surface area contributed by atoms with Gasteiger partial charge in [0, 0.05) is 13.3 Å². The Morgan fingerprint density at radius 3 is 2.77 bits per heavy atom. The Balaban J connectivity index is 1.67. The second-order valence-corrected chi connectivity index (χ2v) is 5.06. The number of carbonyl (C=O) groups excluding carboxylic acids is 1. The van der Waals surface area contributed by atoms with E-state index in [1.807, 2.05) is 12.1 Å². The van der Waals surface area contributed by atoms with Gasteiger partial charge in [0.05, 0.1) is 5.69 Å². The molecule has 1 heterocycles. The molecule has 0 unspecified atom stereocenters. The standard InChI is InChI=1S/C17H15FN2O2/c1-11-19-14-3-2-4-15(17(14)22-11)20-16(21)10-7-12-5-8-13(18)9-6-12/h2-6,8-9H,7,10H2,1H3,(H,20,21). The molecule has 0 fully saturated rings. The lowest BCUT2D eigenvalue weighted by Gasteiger charge is -2.05. The summed E-state index contributed by atoms with van der Waals surface area (Å²) in [6, 6.07) is 11.6. The number of amides is 1. The molecule has 1 aromatic heterocycles. The Morgan fingerprint density at radius 1 is 1.23 bits per heavy atom. The van der Waals surface area contributed by atoms with E-state index in [4.69, 9.17) is 4.42 Å². The van der Waals surface area contributed by atoms with Crippen molar-refractivity contribution in [3.8, 4) is 0 Å². The van der Waals surface area contributed by atoms with Crippen LogP contribution in [0.3, 0.4) is 0 Å². The van der Waals surface area contributed by atoms with E-state index in [0.717, 1.165) is 5.56 Å². The lowest BCUT2D eigenvalue weighted by molar-refractivity contribution is -0.116. The number of para-hydroxylation sites is 1. The first-order valence-electron chi connectivity index (χ1n) is 7.02. The van der Waals surface area contributed by atoms with Gasteiger partial charge in [-0.3, -0.25) is 4.79 Å². The first kappa shape index (κ1) is 14.3. The molecule has 0 saturated heterocycles. The molecular weight excluding hydrogens is 283 g/mol. The van der Waals surface area contributed by atoms with Crippen LogP contribution in [0.15, 0.2) is 46.9 Å². The zero-order valence-corrected chi connectivity index (χ0v) is 12.1. The van der Waals surface area contributed by atoms with E-state index in [-0.39, 0.29) is 11.7 Å². The second kappa shape index (κ2) is 5.97. The van der Waals surface area contributed by atoms with Gasteiger partial charge >= 0.3 is 0 Å². The molecule has 1 amide bonds. The number of rotatable bonds is 4. The summed E-state index contributed by atoms with van der Waals surface area (Å²) in [5.41, 5.74) is 2.83. The summed E-state index contributed by atoms with van der Waals surface area (Å²) in [5, 5.41) is 2.83. The third kappa shape index (κ3) is 3.14. The fourth-order valence-corrected chi connectivity index (χ4v) is 2.28. The third-order valence-electron chi connectivity index (χ3n) is 3.35. The summed E-state index contributed by atoms with van der Waals surface area (Å²) in [6.45, 7) is 1.76. The Kier molecular flexibility index (Phi) is 3.87. The highest BCUT2D eigenvalue weighted by Gasteiger charge is 2.10.